The minimum absolute atomic E-state index is 0.0484. The summed E-state index contributed by atoms with van der Waals surface area (Å²) in [5, 5.41) is 3.43. The summed E-state index contributed by atoms with van der Waals surface area (Å²) in [5.74, 6) is 0.533. The van der Waals surface area contributed by atoms with Gasteiger partial charge >= 0.3 is 6.18 Å². The number of carbonyl (C=O) groups is 1. The molecule has 0 saturated carbocycles. The minimum atomic E-state index is -4.52. The molecule has 6 nitrogen and oxygen atoms in total. The summed E-state index contributed by atoms with van der Waals surface area (Å²) in [7, 11) is 0. The number of piperidine rings is 1. The average molecular weight is 550 g/mol. The largest absolute Gasteiger partial charge is 0.418 e. The van der Waals surface area contributed by atoms with Crippen molar-refractivity contribution in [1.82, 2.24) is 14.7 Å². The van der Waals surface area contributed by atoms with E-state index in [9.17, 15) is 18.0 Å². The van der Waals surface area contributed by atoms with E-state index in [1.165, 1.54) is 11.0 Å². The highest BCUT2D eigenvalue weighted by Gasteiger charge is 2.52. The molecule has 1 spiro atoms. The molecule has 5 aliphatic heterocycles. The molecule has 0 aliphatic carbocycles. The standard InChI is InChI=1S/C30H44F3N4O2/c1-22-3-2-16-37(22,25-6-12-34-20-25)24-4-5-27(26(19-24)30(31,32)33)36-15-11-29(28(36)38)9-13-35(14-10-29)21-23-7-17-39-18-8-23/h4-5,19,22-23,25,34H,2-3,6-18,20-21H2,1H3/q+1/t22-,25-,37?/m0/s1. The van der Waals surface area contributed by atoms with Crippen LogP contribution in [-0.4, -0.2) is 81.9 Å². The molecule has 1 amide bonds. The number of hydrogen-bond acceptors (Lipinski definition) is 4. The molecule has 1 aromatic rings. The lowest BCUT2D eigenvalue weighted by Crippen LogP contribution is -2.59. The maximum Gasteiger partial charge on any atom is 0.418 e. The number of nitrogens with one attached hydrogen (secondary N) is 1. The van der Waals surface area contributed by atoms with E-state index in [0.717, 1.165) is 103 Å². The first-order valence-electron chi connectivity index (χ1n) is 15.1. The van der Waals surface area contributed by atoms with Crippen LogP contribution in [0.25, 0.3) is 0 Å². The fourth-order valence-electron chi connectivity index (χ4n) is 8.49. The molecule has 39 heavy (non-hydrogen) atoms. The maximum absolute atomic E-state index is 14.6. The van der Waals surface area contributed by atoms with Gasteiger partial charge in [-0.05, 0) is 64.1 Å². The maximum atomic E-state index is 14.6. The van der Waals surface area contributed by atoms with Crippen molar-refractivity contribution in [2.75, 3.05) is 63.9 Å². The number of halogens is 3. The molecule has 1 N–H and O–H groups in total. The van der Waals surface area contributed by atoms with Gasteiger partial charge in [-0.3, -0.25) is 9.28 Å². The number of hydrogen-bond donors (Lipinski definition) is 1. The van der Waals surface area contributed by atoms with Crippen LogP contribution in [0.2, 0.25) is 0 Å². The van der Waals surface area contributed by atoms with Gasteiger partial charge in [0, 0.05) is 70.8 Å². The van der Waals surface area contributed by atoms with Gasteiger partial charge in [-0.25, -0.2) is 0 Å². The molecule has 216 valence electrons. The second-order valence-corrected chi connectivity index (χ2v) is 12.8. The molecule has 3 atom stereocenters. The van der Waals surface area contributed by atoms with Gasteiger partial charge in [0.05, 0.1) is 29.3 Å². The van der Waals surface area contributed by atoms with Crippen LogP contribution >= 0.6 is 0 Å². The molecule has 1 unspecified atom stereocenters. The summed E-state index contributed by atoms with van der Waals surface area (Å²) in [6, 6.07) is 5.48. The van der Waals surface area contributed by atoms with Crippen molar-refractivity contribution in [3.63, 3.8) is 0 Å². The first kappa shape index (κ1) is 27.5. The van der Waals surface area contributed by atoms with E-state index in [2.05, 4.69) is 17.1 Å². The Kier molecular flexibility index (Phi) is 7.48. The van der Waals surface area contributed by atoms with Crippen LogP contribution in [0.3, 0.4) is 0 Å². The Balaban J connectivity index is 1.23. The number of amides is 1. The number of benzene rings is 1. The van der Waals surface area contributed by atoms with Gasteiger partial charge in [-0.2, -0.15) is 13.2 Å². The Morgan fingerprint density at radius 1 is 1.08 bits per heavy atom. The lowest BCUT2D eigenvalue weighted by atomic mass is 9.77. The van der Waals surface area contributed by atoms with Crippen molar-refractivity contribution < 1.29 is 22.7 Å². The number of anilines is 1. The van der Waals surface area contributed by atoms with Crippen LogP contribution in [0.1, 0.15) is 63.9 Å². The number of likely N-dealkylation sites (tertiary alicyclic amines) is 2. The van der Waals surface area contributed by atoms with Gasteiger partial charge in [-0.1, -0.05) is 0 Å². The second kappa shape index (κ2) is 10.6. The lowest BCUT2D eigenvalue weighted by molar-refractivity contribution is -0.137. The molecule has 0 radical (unpaired) electrons. The van der Waals surface area contributed by atoms with Crippen molar-refractivity contribution in [2.45, 2.75) is 76.6 Å². The van der Waals surface area contributed by atoms with Gasteiger partial charge in [0.15, 0.2) is 0 Å². The highest BCUT2D eigenvalue weighted by atomic mass is 19.4. The zero-order valence-electron chi connectivity index (χ0n) is 23.3. The monoisotopic (exact) mass is 549 g/mol. The van der Waals surface area contributed by atoms with Crippen LogP contribution in [0, 0.1) is 11.3 Å². The Morgan fingerprint density at radius 3 is 2.46 bits per heavy atom. The Hall–Kier alpha value is -1.68. The Labute approximate surface area is 230 Å². The van der Waals surface area contributed by atoms with Crippen molar-refractivity contribution in [1.29, 1.82) is 0 Å². The Morgan fingerprint density at radius 2 is 1.82 bits per heavy atom. The molecular weight excluding hydrogens is 505 g/mol. The molecule has 5 aliphatic rings. The number of ether oxygens (including phenoxy) is 1. The predicted molar refractivity (Wildman–Crippen MR) is 147 cm³/mol. The van der Waals surface area contributed by atoms with E-state index in [1.807, 2.05) is 6.07 Å². The highest BCUT2D eigenvalue weighted by molar-refractivity contribution is 6.00. The average Bonchev–Trinajstić information content (AvgIpc) is 3.66. The summed E-state index contributed by atoms with van der Waals surface area (Å²) in [5.41, 5.74) is -0.370. The van der Waals surface area contributed by atoms with Crippen molar-refractivity contribution in [3.8, 4) is 0 Å². The van der Waals surface area contributed by atoms with Gasteiger partial charge < -0.3 is 19.9 Å². The Bertz CT molecular complexity index is 1050. The first-order valence-corrected chi connectivity index (χ1v) is 15.1. The third-order valence-corrected chi connectivity index (χ3v) is 10.9. The van der Waals surface area contributed by atoms with Crippen LogP contribution in [0.15, 0.2) is 18.2 Å². The predicted octanol–water partition coefficient (Wildman–Crippen LogP) is 4.80. The summed E-state index contributed by atoms with van der Waals surface area (Å²) in [4.78, 5) is 17.8. The minimum Gasteiger partial charge on any atom is -0.381 e. The molecule has 5 fully saturated rings. The van der Waals surface area contributed by atoms with Crippen LogP contribution < -0.4 is 14.7 Å². The van der Waals surface area contributed by atoms with Crippen molar-refractivity contribution in [3.05, 3.63) is 23.8 Å². The van der Waals surface area contributed by atoms with Gasteiger partial charge in [-0.15, -0.1) is 0 Å². The molecular formula is C30H44F3N4O2+. The van der Waals surface area contributed by atoms with Crippen LogP contribution in [-0.2, 0) is 15.7 Å². The number of quaternary nitrogens is 1. The summed E-state index contributed by atoms with van der Waals surface area (Å²) in [6.07, 6.45) is 2.79. The van der Waals surface area contributed by atoms with Gasteiger partial charge in [0.25, 0.3) is 0 Å². The van der Waals surface area contributed by atoms with Crippen molar-refractivity contribution in [2.24, 2.45) is 11.3 Å². The number of carbonyl (C=O) groups excluding carboxylic acids is 1. The summed E-state index contributed by atoms with van der Waals surface area (Å²) in [6.45, 7) is 9.56. The quantitative estimate of drug-likeness (QED) is 0.536. The van der Waals surface area contributed by atoms with Crippen LogP contribution in [0.5, 0.6) is 0 Å². The molecule has 0 bridgehead atoms. The molecule has 1 aromatic carbocycles. The van der Waals surface area contributed by atoms with E-state index in [0.29, 0.717) is 23.4 Å². The van der Waals surface area contributed by atoms with E-state index >= 15 is 0 Å². The third-order valence-electron chi connectivity index (χ3n) is 10.9. The van der Waals surface area contributed by atoms with E-state index in [-0.39, 0.29) is 23.7 Å². The van der Waals surface area contributed by atoms with Crippen molar-refractivity contribution >= 4 is 17.3 Å². The fraction of sp³-hybridized carbons (Fsp3) is 0.767. The van der Waals surface area contributed by atoms with E-state index in [1.54, 1.807) is 6.07 Å². The first-order chi connectivity index (χ1) is 18.7. The highest BCUT2D eigenvalue weighted by Crippen LogP contribution is 2.48. The SMILES string of the molecule is C[C@H]1CCC[N+]1(c1ccc(N2CCC3(CCN(CC4CCOCC4)CC3)C2=O)c(C(F)(F)F)c1)[C@H]1CCNC1. The summed E-state index contributed by atoms with van der Waals surface area (Å²) < 4.78 is 50.0. The molecule has 5 heterocycles. The van der Waals surface area contributed by atoms with Crippen LogP contribution in [0.4, 0.5) is 24.5 Å². The van der Waals surface area contributed by atoms with Gasteiger partial charge in [0.2, 0.25) is 5.91 Å². The smallest absolute Gasteiger partial charge is 0.381 e. The second-order valence-electron chi connectivity index (χ2n) is 12.8. The lowest BCUT2D eigenvalue weighted by Gasteiger charge is -2.44. The molecule has 9 heteroatoms. The normalized spacial score (nSPS) is 32.5. The zero-order valence-corrected chi connectivity index (χ0v) is 23.3. The van der Waals surface area contributed by atoms with Gasteiger partial charge in [0.1, 0.15) is 11.7 Å². The summed E-state index contributed by atoms with van der Waals surface area (Å²) >= 11 is 0. The fourth-order valence-corrected chi connectivity index (χ4v) is 8.49. The zero-order chi connectivity index (χ0) is 27.3. The molecule has 6 rings (SSSR count). The molecule has 0 aromatic heterocycles. The topological polar surface area (TPSA) is 44.8 Å². The van der Waals surface area contributed by atoms with E-state index in [4.69, 9.17) is 4.74 Å². The van der Waals surface area contributed by atoms with E-state index < -0.39 is 17.2 Å². The number of nitrogens with zero attached hydrogens (tertiary/aromatic N) is 3. The number of alkyl halides is 3. The third kappa shape index (κ3) is 4.91. The number of rotatable bonds is 5. The molecule has 5 saturated heterocycles.